The molecule has 3 unspecified atom stereocenters. The van der Waals surface area contributed by atoms with Crippen molar-refractivity contribution >= 4 is 35.0 Å². The molecule has 1 spiro atoms. The number of amides is 3. The molecule has 1 aromatic carbocycles. The molecule has 3 saturated heterocycles. The zero-order chi connectivity index (χ0) is 31.5. The third-order valence-electron chi connectivity index (χ3n) is 9.81. The first kappa shape index (κ1) is 33.2. The normalized spacial score (nSPS) is 29.1. The van der Waals surface area contributed by atoms with Crippen molar-refractivity contribution in [3.63, 3.8) is 0 Å². The molecule has 1 aromatic rings. The van der Waals surface area contributed by atoms with E-state index in [-0.39, 0.29) is 36.8 Å². The van der Waals surface area contributed by atoms with E-state index in [9.17, 15) is 19.5 Å². The summed E-state index contributed by atoms with van der Waals surface area (Å²) in [6.45, 7) is 17.3. The molecule has 4 rings (SSSR count). The van der Waals surface area contributed by atoms with Gasteiger partial charge < -0.3 is 24.5 Å². The van der Waals surface area contributed by atoms with Gasteiger partial charge in [-0.1, -0.05) is 62.6 Å². The van der Waals surface area contributed by atoms with Crippen LogP contribution in [0.3, 0.4) is 0 Å². The molecule has 3 aliphatic rings. The summed E-state index contributed by atoms with van der Waals surface area (Å²) in [5.41, 5.74) is -0.612. The van der Waals surface area contributed by atoms with Crippen molar-refractivity contribution in [3.8, 4) is 0 Å². The van der Waals surface area contributed by atoms with Crippen molar-refractivity contribution in [1.82, 2.24) is 9.80 Å². The lowest BCUT2D eigenvalue weighted by Crippen LogP contribution is -2.57. The number of hydrogen-bond acceptors (Lipinski definition) is 5. The van der Waals surface area contributed by atoms with E-state index in [1.165, 1.54) is 0 Å². The molecule has 0 radical (unpaired) electrons. The minimum absolute atomic E-state index is 0.0487. The summed E-state index contributed by atoms with van der Waals surface area (Å²) in [7, 11) is 0. The van der Waals surface area contributed by atoms with Crippen molar-refractivity contribution < 1.29 is 24.2 Å². The number of benzene rings is 1. The number of nitrogens with zero attached hydrogens (tertiary/aromatic N) is 3. The number of rotatable bonds is 15. The molecule has 9 heteroatoms. The molecule has 3 aliphatic heterocycles. The number of fused-ring (bicyclic) bond motifs is 1. The second-order valence-electron chi connectivity index (χ2n) is 12.6. The van der Waals surface area contributed by atoms with Crippen LogP contribution in [0.5, 0.6) is 0 Å². The second-order valence-corrected chi connectivity index (χ2v) is 13.0. The number of carbonyl (C=O) groups is 3. The Labute approximate surface area is 261 Å². The Hall–Kier alpha value is -2.68. The number of halogens is 1. The van der Waals surface area contributed by atoms with Crippen LogP contribution >= 0.6 is 11.6 Å². The number of para-hydroxylation sites is 1. The Morgan fingerprint density at radius 1 is 1.16 bits per heavy atom. The van der Waals surface area contributed by atoms with E-state index in [2.05, 4.69) is 20.1 Å². The second kappa shape index (κ2) is 13.5. The van der Waals surface area contributed by atoms with Crippen LogP contribution in [-0.4, -0.2) is 82.7 Å². The van der Waals surface area contributed by atoms with Gasteiger partial charge in [-0.25, -0.2) is 0 Å². The predicted molar refractivity (Wildman–Crippen MR) is 170 cm³/mol. The molecule has 3 fully saturated rings. The van der Waals surface area contributed by atoms with E-state index in [1.807, 2.05) is 32.9 Å². The van der Waals surface area contributed by atoms with Gasteiger partial charge in [0.1, 0.15) is 11.6 Å². The Bertz CT molecular complexity index is 1220. The standard InChI is InChI=1S/C34H48ClN3O5/c1-7-17-36(18-8-2)30(40)26-27-31(41)38(20-12-10-11-13-21-39)29(34(27)22-24(5)33(26,6)43-34)32(42)37(19-9-3)28-23(4)15-14-16-25(28)35/h7,9,14-16,24,26-27,29,39H,1,3,8,10-13,17-22H2,2,4-6H3/t24?,26-,27+,29?,33+,34?/m1/s1. The van der Waals surface area contributed by atoms with Crippen LogP contribution in [0.15, 0.2) is 43.5 Å². The first-order valence-corrected chi connectivity index (χ1v) is 16.1. The molecule has 3 amide bonds. The smallest absolute Gasteiger partial charge is 0.253 e. The maximum Gasteiger partial charge on any atom is 0.253 e. The molecule has 8 nitrogen and oxygen atoms in total. The molecule has 2 bridgehead atoms. The molecule has 6 atom stereocenters. The molecule has 43 heavy (non-hydrogen) atoms. The average molecular weight is 614 g/mol. The van der Waals surface area contributed by atoms with Gasteiger partial charge in [0.05, 0.1) is 28.1 Å². The number of hydrogen-bond donors (Lipinski definition) is 1. The number of carbonyl (C=O) groups excluding carboxylic acids is 3. The highest BCUT2D eigenvalue weighted by Crippen LogP contribution is 2.65. The van der Waals surface area contributed by atoms with Crippen LogP contribution in [-0.2, 0) is 19.1 Å². The highest BCUT2D eigenvalue weighted by Gasteiger charge is 2.80. The molecule has 236 valence electrons. The summed E-state index contributed by atoms with van der Waals surface area (Å²) < 4.78 is 6.95. The molecule has 3 heterocycles. The zero-order valence-electron chi connectivity index (χ0n) is 26.2. The topological polar surface area (TPSA) is 90.4 Å². The fraction of sp³-hybridized carbons (Fsp3) is 0.618. The van der Waals surface area contributed by atoms with Gasteiger partial charge in [-0.05, 0) is 57.1 Å². The Balaban J connectivity index is 1.82. The Morgan fingerprint density at radius 3 is 2.49 bits per heavy atom. The zero-order valence-corrected chi connectivity index (χ0v) is 26.9. The van der Waals surface area contributed by atoms with Crippen molar-refractivity contribution in [1.29, 1.82) is 0 Å². The summed E-state index contributed by atoms with van der Waals surface area (Å²) in [5.74, 6) is -2.11. The third kappa shape index (κ3) is 5.67. The van der Waals surface area contributed by atoms with E-state index in [0.717, 1.165) is 24.8 Å². The minimum Gasteiger partial charge on any atom is -0.396 e. The third-order valence-corrected chi connectivity index (χ3v) is 10.1. The van der Waals surface area contributed by atoms with Crippen molar-refractivity contribution in [3.05, 3.63) is 54.1 Å². The van der Waals surface area contributed by atoms with Crippen LogP contribution in [0.2, 0.25) is 5.02 Å². The van der Waals surface area contributed by atoms with E-state index >= 15 is 0 Å². The Kier molecular flexibility index (Phi) is 10.5. The van der Waals surface area contributed by atoms with E-state index in [4.69, 9.17) is 16.3 Å². The lowest BCUT2D eigenvalue weighted by Gasteiger charge is -2.39. The highest BCUT2D eigenvalue weighted by atomic mass is 35.5. The van der Waals surface area contributed by atoms with Crippen LogP contribution in [0.4, 0.5) is 5.69 Å². The summed E-state index contributed by atoms with van der Waals surface area (Å²) in [6, 6.07) is 4.59. The largest absolute Gasteiger partial charge is 0.396 e. The molecular formula is C34H48ClN3O5. The number of likely N-dealkylation sites (tertiary alicyclic amines) is 1. The van der Waals surface area contributed by atoms with Gasteiger partial charge in [0.2, 0.25) is 11.8 Å². The number of ether oxygens (including phenoxy) is 1. The van der Waals surface area contributed by atoms with Crippen molar-refractivity contribution in [2.75, 3.05) is 37.7 Å². The summed E-state index contributed by atoms with van der Waals surface area (Å²) in [6.07, 6.45) is 7.65. The minimum atomic E-state index is -1.14. The highest BCUT2D eigenvalue weighted by molar-refractivity contribution is 6.34. The molecule has 0 aromatic heterocycles. The molecule has 0 aliphatic carbocycles. The van der Waals surface area contributed by atoms with E-state index in [0.29, 0.717) is 49.6 Å². The first-order chi connectivity index (χ1) is 20.5. The van der Waals surface area contributed by atoms with Crippen LogP contribution in [0.1, 0.15) is 64.9 Å². The van der Waals surface area contributed by atoms with Gasteiger partial charge in [-0.2, -0.15) is 0 Å². The van der Waals surface area contributed by atoms with Gasteiger partial charge >= 0.3 is 0 Å². The van der Waals surface area contributed by atoms with Gasteiger partial charge in [0, 0.05) is 32.8 Å². The average Bonchev–Trinajstić information content (AvgIpc) is 3.48. The number of aryl methyl sites for hydroxylation is 1. The van der Waals surface area contributed by atoms with Crippen molar-refractivity contribution in [2.24, 2.45) is 17.8 Å². The van der Waals surface area contributed by atoms with Gasteiger partial charge in [0.25, 0.3) is 5.91 Å². The number of aliphatic hydroxyl groups excluding tert-OH is 1. The first-order valence-electron chi connectivity index (χ1n) is 15.7. The lowest BCUT2D eigenvalue weighted by atomic mass is 9.62. The van der Waals surface area contributed by atoms with Crippen molar-refractivity contribution in [2.45, 2.75) is 83.5 Å². The van der Waals surface area contributed by atoms with Crippen LogP contribution in [0.25, 0.3) is 0 Å². The monoisotopic (exact) mass is 613 g/mol. The fourth-order valence-electron chi connectivity index (χ4n) is 7.83. The number of aliphatic hydroxyl groups is 1. The van der Waals surface area contributed by atoms with Crippen LogP contribution < -0.4 is 4.90 Å². The number of anilines is 1. The quantitative estimate of drug-likeness (QED) is 0.218. The molecule has 1 N–H and O–H groups in total. The molecular weight excluding hydrogens is 566 g/mol. The fourth-order valence-corrected chi connectivity index (χ4v) is 8.15. The Morgan fingerprint density at radius 2 is 1.86 bits per heavy atom. The van der Waals surface area contributed by atoms with Gasteiger partial charge in [-0.3, -0.25) is 14.4 Å². The summed E-state index contributed by atoms with van der Waals surface area (Å²) in [5, 5.41) is 9.68. The maximum atomic E-state index is 14.9. The predicted octanol–water partition coefficient (Wildman–Crippen LogP) is 5.16. The maximum absolute atomic E-state index is 14.9. The summed E-state index contributed by atoms with van der Waals surface area (Å²) in [4.78, 5) is 48.8. The van der Waals surface area contributed by atoms with E-state index in [1.54, 1.807) is 32.9 Å². The molecule has 0 saturated carbocycles. The van der Waals surface area contributed by atoms with E-state index < -0.39 is 29.1 Å². The van der Waals surface area contributed by atoms with Gasteiger partial charge in [0.15, 0.2) is 0 Å². The lowest BCUT2D eigenvalue weighted by molar-refractivity contribution is -0.151. The van der Waals surface area contributed by atoms with Gasteiger partial charge in [-0.15, -0.1) is 13.2 Å². The summed E-state index contributed by atoms with van der Waals surface area (Å²) >= 11 is 6.68. The number of unbranched alkanes of at least 4 members (excludes halogenated alkanes) is 3. The SMILES string of the molecule is C=CCN(CCC)C(=O)[C@H]1[C@H]2C(=O)N(CCCCCCO)C(C(=O)N(CC=C)c3c(C)cccc3Cl)C23CC(C)[C@]1(C)O3. The van der Waals surface area contributed by atoms with Crippen LogP contribution in [0, 0.1) is 24.7 Å².